The van der Waals surface area contributed by atoms with Gasteiger partial charge in [0.05, 0.1) is 6.20 Å². The molecular weight excluding hydrogens is 222 g/mol. The second-order valence-electron chi connectivity index (χ2n) is 4.48. The summed E-state index contributed by atoms with van der Waals surface area (Å²) >= 11 is 0. The molecule has 0 radical (unpaired) electrons. The van der Waals surface area contributed by atoms with Gasteiger partial charge in [0.2, 0.25) is 0 Å². The van der Waals surface area contributed by atoms with Crippen LogP contribution in [-0.4, -0.2) is 15.8 Å². The molecule has 0 aliphatic carbocycles. The van der Waals surface area contributed by atoms with E-state index in [1.54, 1.807) is 10.9 Å². The molecular formula is C15H19N3. The van der Waals surface area contributed by atoms with E-state index in [1.807, 2.05) is 18.5 Å². The maximum atomic E-state index is 4.16. The molecule has 1 heterocycles. The number of benzene rings is 1. The molecule has 1 unspecified atom stereocenters. The topological polar surface area (TPSA) is 29.9 Å². The molecule has 18 heavy (non-hydrogen) atoms. The Morgan fingerprint density at radius 2 is 2.11 bits per heavy atom. The summed E-state index contributed by atoms with van der Waals surface area (Å²) in [6, 6.07) is 11.0. The van der Waals surface area contributed by atoms with Gasteiger partial charge in [-0.05, 0) is 18.9 Å². The zero-order valence-electron chi connectivity index (χ0n) is 10.7. The van der Waals surface area contributed by atoms with E-state index in [9.17, 15) is 0 Å². The lowest BCUT2D eigenvalue weighted by atomic mass is 10.1. The molecule has 1 N–H and O–H groups in total. The van der Waals surface area contributed by atoms with Crippen molar-refractivity contribution in [3.8, 4) is 0 Å². The Kier molecular flexibility index (Phi) is 4.31. The van der Waals surface area contributed by atoms with Crippen LogP contribution in [0.3, 0.4) is 0 Å². The number of nitrogens with one attached hydrogen (secondary N) is 1. The van der Waals surface area contributed by atoms with Gasteiger partial charge in [-0.3, -0.25) is 0 Å². The Bertz CT molecular complexity index is 487. The third-order valence-electron chi connectivity index (χ3n) is 2.88. The normalized spacial score (nSPS) is 12.3. The van der Waals surface area contributed by atoms with E-state index in [2.05, 4.69) is 48.2 Å². The highest BCUT2D eigenvalue weighted by Gasteiger charge is 2.03. The minimum atomic E-state index is 0.444. The van der Waals surface area contributed by atoms with Crippen LogP contribution in [0, 0.1) is 0 Å². The molecule has 3 heteroatoms. The molecule has 1 aromatic heterocycles. The molecule has 0 saturated heterocycles. The summed E-state index contributed by atoms with van der Waals surface area (Å²) in [7, 11) is 0. The van der Waals surface area contributed by atoms with Gasteiger partial charge >= 0.3 is 0 Å². The summed E-state index contributed by atoms with van der Waals surface area (Å²) < 4.78 is 1.72. The molecule has 94 valence electrons. The second-order valence-corrected chi connectivity index (χ2v) is 4.48. The summed E-state index contributed by atoms with van der Waals surface area (Å²) in [5, 5.41) is 7.65. The van der Waals surface area contributed by atoms with Crippen LogP contribution in [0.5, 0.6) is 0 Å². The van der Waals surface area contributed by atoms with Crippen molar-refractivity contribution in [2.75, 3.05) is 0 Å². The monoisotopic (exact) mass is 241 g/mol. The van der Waals surface area contributed by atoms with Crippen molar-refractivity contribution in [3.05, 3.63) is 60.4 Å². The minimum Gasteiger partial charge on any atom is -0.310 e. The fraction of sp³-hybridized carbons (Fsp3) is 0.267. The molecule has 0 saturated carbocycles. The fourth-order valence-corrected chi connectivity index (χ4v) is 1.90. The maximum absolute atomic E-state index is 4.16. The summed E-state index contributed by atoms with van der Waals surface area (Å²) in [6.45, 7) is 6.71. The molecule has 2 aromatic rings. The van der Waals surface area contributed by atoms with Crippen molar-refractivity contribution >= 4 is 6.20 Å². The maximum Gasteiger partial charge on any atom is 0.0538 e. The number of hydrogen-bond donors (Lipinski definition) is 1. The molecule has 1 atom stereocenters. The van der Waals surface area contributed by atoms with E-state index in [0.717, 1.165) is 13.0 Å². The first-order valence-electron chi connectivity index (χ1n) is 6.21. The average molecular weight is 241 g/mol. The van der Waals surface area contributed by atoms with Gasteiger partial charge in [-0.1, -0.05) is 36.9 Å². The highest BCUT2D eigenvalue weighted by atomic mass is 15.2. The summed E-state index contributed by atoms with van der Waals surface area (Å²) in [4.78, 5) is 0. The van der Waals surface area contributed by atoms with E-state index >= 15 is 0 Å². The zero-order chi connectivity index (χ0) is 12.8. The van der Waals surface area contributed by atoms with Crippen molar-refractivity contribution in [1.82, 2.24) is 15.1 Å². The van der Waals surface area contributed by atoms with Crippen LogP contribution in [0.4, 0.5) is 0 Å². The first-order valence-corrected chi connectivity index (χ1v) is 6.21. The Morgan fingerprint density at radius 3 is 2.78 bits per heavy atom. The predicted molar refractivity (Wildman–Crippen MR) is 75.1 cm³/mol. The Morgan fingerprint density at radius 1 is 1.33 bits per heavy atom. The Balaban J connectivity index is 1.81. The van der Waals surface area contributed by atoms with E-state index in [1.165, 1.54) is 11.1 Å². The molecule has 0 bridgehead atoms. The van der Waals surface area contributed by atoms with Crippen LogP contribution in [0.25, 0.3) is 6.20 Å². The summed E-state index contributed by atoms with van der Waals surface area (Å²) in [6.07, 6.45) is 6.58. The van der Waals surface area contributed by atoms with Crippen LogP contribution in [-0.2, 0) is 13.0 Å². The van der Waals surface area contributed by atoms with E-state index < -0.39 is 0 Å². The van der Waals surface area contributed by atoms with Gasteiger partial charge in [0.15, 0.2) is 0 Å². The Labute approximate surface area is 108 Å². The molecule has 0 aliphatic rings. The van der Waals surface area contributed by atoms with Crippen LogP contribution in [0.15, 0.2) is 49.3 Å². The second kappa shape index (κ2) is 6.17. The van der Waals surface area contributed by atoms with Crippen LogP contribution < -0.4 is 5.32 Å². The number of hydrogen-bond acceptors (Lipinski definition) is 2. The molecule has 0 fully saturated rings. The molecule has 0 aliphatic heterocycles. The average Bonchev–Trinajstić information content (AvgIpc) is 2.85. The SMILES string of the molecule is C=Cn1cc(CNC(C)Cc2ccccc2)cn1. The smallest absolute Gasteiger partial charge is 0.0538 e. The van der Waals surface area contributed by atoms with Gasteiger partial charge < -0.3 is 5.32 Å². The lowest BCUT2D eigenvalue weighted by molar-refractivity contribution is 0.545. The van der Waals surface area contributed by atoms with Crippen LogP contribution in [0.1, 0.15) is 18.1 Å². The molecule has 0 amide bonds. The first-order chi connectivity index (χ1) is 8.78. The lowest BCUT2D eigenvalue weighted by Crippen LogP contribution is -2.27. The van der Waals surface area contributed by atoms with Gasteiger partial charge in [0, 0.05) is 30.5 Å². The lowest BCUT2D eigenvalue weighted by Gasteiger charge is -2.12. The number of aromatic nitrogens is 2. The van der Waals surface area contributed by atoms with Crippen LogP contribution >= 0.6 is 0 Å². The first kappa shape index (κ1) is 12.6. The van der Waals surface area contributed by atoms with E-state index in [-0.39, 0.29) is 0 Å². The third kappa shape index (κ3) is 3.57. The van der Waals surface area contributed by atoms with Gasteiger partial charge in [-0.15, -0.1) is 0 Å². The van der Waals surface area contributed by atoms with Gasteiger partial charge in [0.1, 0.15) is 0 Å². The minimum absolute atomic E-state index is 0.444. The Hall–Kier alpha value is -1.87. The van der Waals surface area contributed by atoms with E-state index in [4.69, 9.17) is 0 Å². The summed E-state index contributed by atoms with van der Waals surface area (Å²) in [5.74, 6) is 0. The van der Waals surface area contributed by atoms with Crippen molar-refractivity contribution in [2.45, 2.75) is 25.9 Å². The van der Waals surface area contributed by atoms with Gasteiger partial charge in [-0.2, -0.15) is 5.10 Å². The largest absolute Gasteiger partial charge is 0.310 e. The molecule has 0 spiro atoms. The third-order valence-corrected chi connectivity index (χ3v) is 2.88. The van der Waals surface area contributed by atoms with Crippen LogP contribution in [0.2, 0.25) is 0 Å². The van der Waals surface area contributed by atoms with Crippen molar-refractivity contribution in [3.63, 3.8) is 0 Å². The van der Waals surface area contributed by atoms with E-state index in [0.29, 0.717) is 6.04 Å². The highest BCUT2D eigenvalue weighted by Crippen LogP contribution is 2.04. The van der Waals surface area contributed by atoms with Gasteiger partial charge in [0.25, 0.3) is 0 Å². The summed E-state index contributed by atoms with van der Waals surface area (Å²) in [5.41, 5.74) is 2.54. The van der Waals surface area contributed by atoms with Crippen molar-refractivity contribution < 1.29 is 0 Å². The number of rotatable bonds is 6. The zero-order valence-corrected chi connectivity index (χ0v) is 10.7. The highest BCUT2D eigenvalue weighted by molar-refractivity contribution is 5.18. The molecule has 1 aromatic carbocycles. The fourth-order valence-electron chi connectivity index (χ4n) is 1.90. The molecule has 2 rings (SSSR count). The molecule has 3 nitrogen and oxygen atoms in total. The van der Waals surface area contributed by atoms with Gasteiger partial charge in [-0.25, -0.2) is 4.68 Å². The quantitative estimate of drug-likeness (QED) is 0.842. The number of nitrogens with zero attached hydrogens (tertiary/aromatic N) is 2. The predicted octanol–water partition coefficient (Wildman–Crippen LogP) is 2.70. The standard InChI is InChI=1S/C15H19N3/c1-3-18-12-15(11-17-18)10-16-13(2)9-14-7-5-4-6-8-14/h3-8,11-13,16H,1,9-10H2,2H3. The van der Waals surface area contributed by atoms with Crippen molar-refractivity contribution in [1.29, 1.82) is 0 Å². The van der Waals surface area contributed by atoms with Crippen molar-refractivity contribution in [2.24, 2.45) is 0 Å².